The minimum absolute atomic E-state index is 0. The summed E-state index contributed by atoms with van der Waals surface area (Å²) in [4.78, 5) is 23.0. The molecule has 0 atom stereocenters. The van der Waals surface area contributed by atoms with Crippen molar-refractivity contribution in [3.05, 3.63) is 70.8 Å². The first-order valence-corrected chi connectivity index (χ1v) is 10.2. The second-order valence-corrected chi connectivity index (χ2v) is 7.60. The first kappa shape index (κ1) is 31.1. The molecule has 2 rings (SSSR count). The Morgan fingerprint density at radius 1 is 0.771 bits per heavy atom. The lowest BCUT2D eigenvalue weighted by Crippen LogP contribution is -2.07. The van der Waals surface area contributed by atoms with Crippen molar-refractivity contribution in [2.24, 2.45) is 0 Å². The van der Waals surface area contributed by atoms with Crippen LogP contribution in [0.15, 0.2) is 48.6 Å². The summed E-state index contributed by atoms with van der Waals surface area (Å²) in [7, 11) is 5.53. The highest BCUT2D eigenvalue weighted by Crippen LogP contribution is 2.32. The molecule has 0 aliphatic heterocycles. The molecule has 8 heteroatoms. The first-order chi connectivity index (χ1) is 16.0. The molecule has 2 aromatic rings. The van der Waals surface area contributed by atoms with E-state index in [0.29, 0.717) is 41.0 Å². The molecule has 0 aliphatic carbocycles. The number of hydrogen-bond acceptors (Lipinski definition) is 8. The molecular formula is C27H36O8. The number of carbonyl (C=O) groups excluding carboxylic acids is 2. The second-order valence-electron chi connectivity index (χ2n) is 7.60. The van der Waals surface area contributed by atoms with Crippen molar-refractivity contribution in [3.8, 4) is 23.0 Å². The van der Waals surface area contributed by atoms with E-state index in [0.717, 1.165) is 11.1 Å². The molecule has 0 radical (unpaired) electrons. The number of ether oxygens (including phenoxy) is 4. The van der Waals surface area contributed by atoms with Crippen LogP contribution in [0.1, 0.15) is 53.1 Å². The lowest BCUT2D eigenvalue weighted by Gasteiger charge is -2.12. The summed E-state index contributed by atoms with van der Waals surface area (Å²) < 4.78 is 19.4. The molecular weight excluding hydrogens is 452 g/mol. The molecule has 0 aliphatic rings. The van der Waals surface area contributed by atoms with E-state index >= 15 is 0 Å². The van der Waals surface area contributed by atoms with Crippen molar-refractivity contribution in [1.29, 1.82) is 0 Å². The quantitative estimate of drug-likeness (QED) is 0.383. The first-order valence-electron chi connectivity index (χ1n) is 10.2. The third-order valence-corrected chi connectivity index (χ3v) is 4.62. The van der Waals surface area contributed by atoms with Gasteiger partial charge in [-0.15, -0.1) is 0 Å². The third kappa shape index (κ3) is 8.73. The van der Waals surface area contributed by atoms with Crippen LogP contribution in [0.5, 0.6) is 23.0 Å². The van der Waals surface area contributed by atoms with Crippen LogP contribution in [0.3, 0.4) is 0 Å². The van der Waals surface area contributed by atoms with Crippen LogP contribution in [0.2, 0.25) is 0 Å². The van der Waals surface area contributed by atoms with Gasteiger partial charge in [0.05, 0.1) is 39.6 Å². The van der Waals surface area contributed by atoms with Gasteiger partial charge in [-0.25, -0.2) is 9.59 Å². The standard InChI is InChI=1S/2C13H16O4.CH4/c1-8(2)5-10-11(13(15)17-4)6-9(16-3)7-12(10)14;1-8(2)5-10-11(14)6-9(13(15)17-4)7-12(10)16-3;/h2*6-7,14H,1,5H2,2-4H3;1H4. The van der Waals surface area contributed by atoms with Gasteiger partial charge in [-0.05, 0) is 38.5 Å². The molecule has 0 saturated heterocycles. The SMILES string of the molecule is C.C=C(C)Cc1c(O)cc(C(=O)OC)cc1OC.C=C(C)Cc1c(O)cc(OC)cc1C(=O)OC. The largest absolute Gasteiger partial charge is 0.507 e. The third-order valence-electron chi connectivity index (χ3n) is 4.62. The molecule has 35 heavy (non-hydrogen) atoms. The van der Waals surface area contributed by atoms with E-state index in [1.807, 2.05) is 13.8 Å². The van der Waals surface area contributed by atoms with Gasteiger partial charge < -0.3 is 29.2 Å². The highest BCUT2D eigenvalue weighted by atomic mass is 16.5. The molecule has 0 bridgehead atoms. The zero-order chi connectivity index (χ0) is 26.0. The topological polar surface area (TPSA) is 112 Å². The highest BCUT2D eigenvalue weighted by Gasteiger charge is 2.18. The highest BCUT2D eigenvalue weighted by molar-refractivity contribution is 5.92. The van der Waals surface area contributed by atoms with Crippen LogP contribution in [-0.2, 0) is 22.3 Å². The Morgan fingerprint density at radius 3 is 1.74 bits per heavy atom. The summed E-state index contributed by atoms with van der Waals surface area (Å²) in [5.41, 5.74) is 3.41. The van der Waals surface area contributed by atoms with Crippen LogP contribution in [-0.4, -0.2) is 50.6 Å². The molecule has 0 aromatic heterocycles. The van der Waals surface area contributed by atoms with Gasteiger partial charge in [0, 0.05) is 23.6 Å². The van der Waals surface area contributed by atoms with Gasteiger partial charge >= 0.3 is 11.9 Å². The molecule has 8 nitrogen and oxygen atoms in total. The van der Waals surface area contributed by atoms with Crippen LogP contribution >= 0.6 is 0 Å². The van der Waals surface area contributed by atoms with Gasteiger partial charge in [0.1, 0.15) is 23.0 Å². The molecule has 0 unspecified atom stereocenters. The number of hydrogen-bond donors (Lipinski definition) is 2. The minimum Gasteiger partial charge on any atom is -0.507 e. The molecule has 0 fully saturated rings. The molecule has 0 amide bonds. The Morgan fingerprint density at radius 2 is 1.29 bits per heavy atom. The number of aromatic hydroxyl groups is 2. The predicted octanol–water partition coefficient (Wildman–Crippen LogP) is 5.25. The Kier molecular flexibility index (Phi) is 12.7. The van der Waals surface area contributed by atoms with E-state index in [1.54, 1.807) is 12.1 Å². The van der Waals surface area contributed by atoms with Gasteiger partial charge in [0.15, 0.2) is 0 Å². The molecule has 2 aromatic carbocycles. The average Bonchev–Trinajstić information content (AvgIpc) is 2.80. The Hall–Kier alpha value is -3.94. The number of phenolic OH excluding ortho intramolecular Hbond substituents is 2. The zero-order valence-corrected chi connectivity index (χ0v) is 20.5. The number of rotatable bonds is 8. The molecule has 192 valence electrons. The monoisotopic (exact) mass is 488 g/mol. The maximum absolute atomic E-state index is 11.6. The van der Waals surface area contributed by atoms with Gasteiger partial charge in [-0.3, -0.25) is 0 Å². The summed E-state index contributed by atoms with van der Waals surface area (Å²) in [6.45, 7) is 11.2. The van der Waals surface area contributed by atoms with E-state index in [4.69, 9.17) is 9.47 Å². The van der Waals surface area contributed by atoms with Crippen LogP contribution < -0.4 is 9.47 Å². The molecule has 0 saturated carbocycles. The van der Waals surface area contributed by atoms with E-state index in [2.05, 4.69) is 22.6 Å². The Balaban J connectivity index is 0.000000642. The van der Waals surface area contributed by atoms with Crippen molar-refractivity contribution in [2.75, 3.05) is 28.4 Å². The fourth-order valence-corrected chi connectivity index (χ4v) is 3.06. The van der Waals surface area contributed by atoms with E-state index in [1.165, 1.54) is 40.6 Å². The Bertz CT molecular complexity index is 1070. The van der Waals surface area contributed by atoms with E-state index in [9.17, 15) is 19.8 Å². The number of allylic oxidation sites excluding steroid dienone is 2. The average molecular weight is 489 g/mol. The smallest absolute Gasteiger partial charge is 0.338 e. The summed E-state index contributed by atoms with van der Waals surface area (Å²) in [5, 5.41) is 19.7. The summed E-state index contributed by atoms with van der Waals surface area (Å²) in [5.74, 6) is -0.141. The van der Waals surface area contributed by atoms with E-state index in [-0.39, 0.29) is 24.5 Å². The maximum Gasteiger partial charge on any atom is 0.338 e. The van der Waals surface area contributed by atoms with Crippen molar-refractivity contribution in [3.63, 3.8) is 0 Å². The molecule has 2 N–H and O–H groups in total. The maximum atomic E-state index is 11.6. The number of methoxy groups -OCH3 is 4. The van der Waals surface area contributed by atoms with Crippen molar-refractivity contribution in [1.82, 2.24) is 0 Å². The summed E-state index contributed by atoms with van der Waals surface area (Å²) in [6, 6.07) is 5.92. The zero-order valence-electron chi connectivity index (χ0n) is 20.5. The van der Waals surface area contributed by atoms with Crippen molar-refractivity contribution >= 4 is 11.9 Å². The van der Waals surface area contributed by atoms with Crippen LogP contribution in [0, 0.1) is 0 Å². The molecule has 0 spiro atoms. The minimum atomic E-state index is -0.513. The van der Waals surface area contributed by atoms with E-state index < -0.39 is 11.9 Å². The lowest BCUT2D eigenvalue weighted by atomic mass is 9.99. The second kappa shape index (κ2) is 14.3. The van der Waals surface area contributed by atoms with Crippen LogP contribution in [0.25, 0.3) is 0 Å². The van der Waals surface area contributed by atoms with Crippen LogP contribution in [0.4, 0.5) is 0 Å². The van der Waals surface area contributed by atoms with Crippen molar-refractivity contribution < 1.29 is 38.7 Å². The number of carbonyl (C=O) groups is 2. The van der Waals surface area contributed by atoms with Gasteiger partial charge in [0.25, 0.3) is 0 Å². The lowest BCUT2D eigenvalue weighted by molar-refractivity contribution is 0.0590. The predicted molar refractivity (Wildman–Crippen MR) is 136 cm³/mol. The van der Waals surface area contributed by atoms with Gasteiger partial charge in [-0.2, -0.15) is 0 Å². The fourth-order valence-electron chi connectivity index (χ4n) is 3.06. The number of esters is 2. The number of benzene rings is 2. The summed E-state index contributed by atoms with van der Waals surface area (Å²) >= 11 is 0. The fraction of sp³-hybridized carbons (Fsp3) is 0.333. The summed E-state index contributed by atoms with van der Waals surface area (Å²) in [6.07, 6.45) is 0.913. The molecule has 0 heterocycles. The Labute approximate surface area is 207 Å². The number of phenols is 2. The van der Waals surface area contributed by atoms with Gasteiger partial charge in [0.2, 0.25) is 0 Å². The van der Waals surface area contributed by atoms with Crippen molar-refractivity contribution in [2.45, 2.75) is 34.1 Å². The normalized spacial score (nSPS) is 9.54. The van der Waals surface area contributed by atoms with Gasteiger partial charge in [-0.1, -0.05) is 31.7 Å².